The van der Waals surface area contributed by atoms with E-state index in [9.17, 15) is 0 Å². The van der Waals surface area contributed by atoms with Crippen molar-refractivity contribution in [1.29, 1.82) is 0 Å². The number of ether oxygens (including phenoxy) is 2. The zero-order valence-corrected chi connectivity index (χ0v) is 17.8. The number of benzene rings is 3. The summed E-state index contributed by atoms with van der Waals surface area (Å²) < 4.78 is 11.2. The van der Waals surface area contributed by atoms with Gasteiger partial charge >= 0.3 is 0 Å². The van der Waals surface area contributed by atoms with Gasteiger partial charge in [0, 0.05) is 28.2 Å². The minimum Gasteiger partial charge on any atom is -0.432 e. The van der Waals surface area contributed by atoms with Gasteiger partial charge in [-0.1, -0.05) is 24.0 Å². The third kappa shape index (κ3) is 6.48. The zero-order valence-electron chi connectivity index (χ0n) is 16.2. The predicted octanol–water partition coefficient (Wildman–Crippen LogP) is 4.78. The van der Waals surface area contributed by atoms with Gasteiger partial charge in [-0.15, -0.1) is 12.8 Å². The average Bonchev–Trinajstić information content (AvgIpc) is 2.73. The van der Waals surface area contributed by atoms with E-state index in [2.05, 4.69) is 22.5 Å². The van der Waals surface area contributed by atoms with E-state index in [1.165, 1.54) is 0 Å². The first-order valence-electron chi connectivity index (χ1n) is 8.97. The summed E-state index contributed by atoms with van der Waals surface area (Å²) in [6.07, 6.45) is 10.8. The molecule has 0 saturated heterocycles. The molecule has 7 heteroatoms. The van der Waals surface area contributed by atoms with Gasteiger partial charge in [-0.3, -0.25) is 0 Å². The van der Waals surface area contributed by atoms with Gasteiger partial charge in [0.1, 0.15) is 11.5 Å². The number of hydrogen-bond acceptors (Lipinski definition) is 5. The molecule has 0 atom stereocenters. The van der Waals surface area contributed by atoms with Crippen LogP contribution in [0.1, 0.15) is 11.1 Å². The molecule has 0 radical (unpaired) electrons. The molecule has 0 aliphatic carbocycles. The number of nitrogens with one attached hydrogen (secondary N) is 2. The van der Waals surface area contributed by atoms with Crippen LogP contribution < -0.4 is 25.8 Å². The molecule has 0 saturated carbocycles. The van der Waals surface area contributed by atoms with E-state index in [1.54, 1.807) is 66.7 Å². The third-order valence-electron chi connectivity index (χ3n) is 3.87. The number of terminal acetylenes is 2. The molecule has 3 aromatic rings. The topological polar surface area (TPSA) is 68.5 Å². The van der Waals surface area contributed by atoms with Crippen molar-refractivity contribution in [2.45, 2.75) is 0 Å². The SMILES string of the molecule is C#Cc1cccc(OC(=S)Nc2cc(N)cc(NC(=S)Oc3cccc(C#C)c3)c2)c1. The lowest BCUT2D eigenvalue weighted by molar-refractivity contribution is 0.563. The first kappa shape index (κ1) is 21.7. The zero-order chi connectivity index (χ0) is 22.2. The van der Waals surface area contributed by atoms with E-state index in [-0.39, 0.29) is 10.3 Å². The van der Waals surface area contributed by atoms with Gasteiger partial charge in [0.15, 0.2) is 0 Å². The summed E-state index contributed by atoms with van der Waals surface area (Å²) in [6, 6.07) is 19.3. The average molecular weight is 444 g/mol. The molecule has 0 bridgehead atoms. The van der Waals surface area contributed by atoms with Crippen molar-refractivity contribution in [3.8, 4) is 36.2 Å². The largest absolute Gasteiger partial charge is 0.432 e. The minimum absolute atomic E-state index is 0.135. The predicted molar refractivity (Wildman–Crippen MR) is 133 cm³/mol. The molecule has 0 unspecified atom stereocenters. The summed E-state index contributed by atoms with van der Waals surface area (Å²) in [5, 5.41) is 6.23. The molecule has 0 fully saturated rings. The molecule has 3 aromatic carbocycles. The van der Waals surface area contributed by atoms with Crippen LogP contribution in [-0.4, -0.2) is 10.3 Å². The van der Waals surface area contributed by atoms with Gasteiger partial charge in [0.05, 0.1) is 0 Å². The Kier molecular flexibility index (Phi) is 7.08. The van der Waals surface area contributed by atoms with Gasteiger partial charge in [-0.25, -0.2) is 0 Å². The molecule has 0 aliphatic rings. The van der Waals surface area contributed by atoms with Crippen LogP contribution in [0, 0.1) is 24.7 Å². The third-order valence-corrected chi connectivity index (χ3v) is 4.24. The smallest absolute Gasteiger partial charge is 0.266 e. The van der Waals surface area contributed by atoms with Crippen LogP contribution in [0.5, 0.6) is 11.5 Å². The van der Waals surface area contributed by atoms with Gasteiger partial charge in [-0.2, -0.15) is 0 Å². The van der Waals surface area contributed by atoms with Crippen LogP contribution in [0.2, 0.25) is 0 Å². The maximum absolute atomic E-state index is 6.00. The molecule has 5 nitrogen and oxygen atoms in total. The van der Waals surface area contributed by atoms with E-state index in [0.29, 0.717) is 39.7 Å². The van der Waals surface area contributed by atoms with Crippen LogP contribution in [0.15, 0.2) is 66.7 Å². The lowest BCUT2D eigenvalue weighted by Crippen LogP contribution is -2.18. The fraction of sp³-hybridized carbons (Fsp3) is 0. The summed E-state index contributed by atoms with van der Waals surface area (Å²) in [7, 11) is 0. The van der Waals surface area contributed by atoms with Crippen LogP contribution >= 0.6 is 24.4 Å². The Morgan fingerprint density at radius 3 is 1.61 bits per heavy atom. The summed E-state index contributed by atoms with van der Waals surface area (Å²) >= 11 is 10.5. The molecule has 0 aliphatic heterocycles. The normalized spacial score (nSPS) is 9.61. The molecule has 4 N–H and O–H groups in total. The van der Waals surface area contributed by atoms with Crippen LogP contribution in [-0.2, 0) is 0 Å². The fourth-order valence-electron chi connectivity index (χ4n) is 2.60. The number of hydrogen-bond donors (Lipinski definition) is 3. The minimum atomic E-state index is 0.135. The van der Waals surface area contributed by atoms with Gasteiger partial charge in [0.2, 0.25) is 0 Å². The monoisotopic (exact) mass is 443 g/mol. The highest BCUT2D eigenvalue weighted by Gasteiger charge is 2.07. The summed E-state index contributed by atoms with van der Waals surface area (Å²) in [6.45, 7) is 0. The number of thiocarbonyl (C=S) groups is 2. The van der Waals surface area contributed by atoms with Gasteiger partial charge in [-0.05, 0) is 79.0 Å². The van der Waals surface area contributed by atoms with Crippen LogP contribution in [0.3, 0.4) is 0 Å². The second-order valence-corrected chi connectivity index (χ2v) is 6.96. The summed E-state index contributed by atoms with van der Waals surface area (Å²) in [4.78, 5) is 0. The van der Waals surface area contributed by atoms with Gasteiger partial charge in [0.25, 0.3) is 10.3 Å². The lowest BCUT2D eigenvalue weighted by atomic mass is 10.2. The summed E-state index contributed by atoms with van der Waals surface area (Å²) in [5.41, 5.74) is 9.09. The fourth-order valence-corrected chi connectivity index (χ4v) is 3.02. The van der Waals surface area contributed by atoms with Crippen molar-refractivity contribution in [2.75, 3.05) is 16.4 Å². The molecular weight excluding hydrogens is 426 g/mol. The molecule has 0 spiro atoms. The van der Waals surface area contributed by atoms with Crippen molar-refractivity contribution in [3.63, 3.8) is 0 Å². The van der Waals surface area contributed by atoms with E-state index in [1.807, 2.05) is 0 Å². The Morgan fingerprint density at radius 1 is 0.742 bits per heavy atom. The first-order chi connectivity index (χ1) is 14.9. The highest BCUT2D eigenvalue weighted by atomic mass is 32.1. The maximum Gasteiger partial charge on any atom is 0.266 e. The van der Waals surface area contributed by atoms with Crippen molar-refractivity contribution in [3.05, 3.63) is 77.9 Å². The number of nitrogen functional groups attached to an aromatic ring is 1. The lowest BCUT2D eigenvalue weighted by Gasteiger charge is -2.14. The van der Waals surface area contributed by atoms with Crippen molar-refractivity contribution in [2.24, 2.45) is 0 Å². The standard InChI is InChI=1S/C24H17N3O2S2/c1-3-16-7-5-9-21(11-16)28-23(30)26-19-13-18(25)14-20(15-19)27-24(31)29-22-10-6-8-17(4-2)12-22/h1-2,5-15H,25H2,(H,26,30)(H,27,31). The highest BCUT2D eigenvalue weighted by Crippen LogP contribution is 2.22. The Balaban J connectivity index is 1.65. The van der Waals surface area contributed by atoms with Gasteiger partial charge < -0.3 is 25.8 Å². The Labute approximate surface area is 191 Å². The molecule has 3 rings (SSSR count). The number of nitrogens with two attached hydrogens (primary N) is 1. The quantitative estimate of drug-likeness (QED) is 0.304. The molecule has 0 amide bonds. The molecule has 152 valence electrons. The number of rotatable bonds is 4. The molecule has 31 heavy (non-hydrogen) atoms. The Bertz CT molecular complexity index is 1130. The van der Waals surface area contributed by atoms with Crippen molar-refractivity contribution >= 4 is 51.8 Å². The summed E-state index contributed by atoms with van der Waals surface area (Å²) in [5.74, 6) is 6.14. The molecular formula is C24H17N3O2S2. The van der Waals surface area contributed by atoms with E-state index in [4.69, 9.17) is 52.5 Å². The molecule has 0 heterocycles. The second-order valence-electron chi connectivity index (χ2n) is 6.22. The van der Waals surface area contributed by atoms with Crippen molar-refractivity contribution < 1.29 is 9.47 Å². The second kappa shape index (κ2) is 10.1. The Morgan fingerprint density at radius 2 is 1.19 bits per heavy atom. The number of anilines is 3. The van der Waals surface area contributed by atoms with E-state index < -0.39 is 0 Å². The Hall–Kier alpha value is -4.04. The van der Waals surface area contributed by atoms with Crippen molar-refractivity contribution in [1.82, 2.24) is 0 Å². The molecule has 0 aromatic heterocycles. The highest BCUT2D eigenvalue weighted by molar-refractivity contribution is 7.80. The van der Waals surface area contributed by atoms with Crippen LogP contribution in [0.25, 0.3) is 0 Å². The van der Waals surface area contributed by atoms with E-state index in [0.717, 1.165) is 0 Å². The maximum atomic E-state index is 6.00. The first-order valence-corrected chi connectivity index (χ1v) is 9.78. The van der Waals surface area contributed by atoms with Crippen LogP contribution in [0.4, 0.5) is 17.1 Å². The van der Waals surface area contributed by atoms with E-state index >= 15 is 0 Å².